The number of nitrogens with one attached hydrogen (secondary N) is 2. The number of benzene rings is 1. The SMILES string of the molecule is COc1ccc2nc(C)c3c(c2c1)C(F)(F)C[C@]1(C[C@H]2C(=O)N[C@]4(C(=O)NS(=O)(=O)C5(C)CC5)C[C@H]4/C=C\CCCCC[C@H](CC(=O)O[C@H](C)C(C)C)C(=O)N2C1)O3. The lowest BCUT2D eigenvalue weighted by Gasteiger charge is -2.40. The van der Waals surface area contributed by atoms with E-state index in [-0.39, 0.29) is 54.0 Å². The van der Waals surface area contributed by atoms with E-state index in [1.54, 1.807) is 39.0 Å². The second-order valence-electron chi connectivity index (χ2n) is 17.7. The molecule has 1 spiro atoms. The zero-order valence-electron chi connectivity index (χ0n) is 34.0. The molecule has 3 aliphatic heterocycles. The van der Waals surface area contributed by atoms with Crippen LogP contribution in [0.1, 0.15) is 110 Å². The van der Waals surface area contributed by atoms with Crippen LogP contribution in [0.4, 0.5) is 8.78 Å². The number of aromatic nitrogens is 1. The summed E-state index contributed by atoms with van der Waals surface area (Å²) in [6, 6.07) is 3.28. The maximum Gasteiger partial charge on any atom is 0.306 e. The lowest BCUT2D eigenvalue weighted by molar-refractivity contribution is -0.155. The summed E-state index contributed by atoms with van der Waals surface area (Å²) in [7, 11) is -2.65. The van der Waals surface area contributed by atoms with Crippen LogP contribution >= 0.6 is 0 Å². The molecule has 0 radical (unpaired) electrons. The first kappa shape index (κ1) is 41.8. The standard InChI is InChI=1S/C42H54F2N4O9S/c1-24(2)26(4)56-33(49)18-27-12-10-8-7-9-11-13-28-20-41(28,38(52)47-58(53,54)39(5)16-17-39)46-36(50)32-21-40(23-48(32)37(27)51)22-42(43,44)34-30-19-29(55-6)14-15-31(30)45-25(3)35(34)57-40/h11,13-15,19,24,26-28,32H,7-10,12,16-18,20-23H2,1-6H3,(H,46,50)(H,47,52)/b13-11-/t26-,27-,28-,32+,40+,41-/m1/s1. The van der Waals surface area contributed by atoms with E-state index in [1.165, 1.54) is 18.1 Å². The van der Waals surface area contributed by atoms with Crippen LogP contribution in [-0.4, -0.2) is 83.7 Å². The van der Waals surface area contributed by atoms with Crippen molar-refractivity contribution in [1.29, 1.82) is 0 Å². The van der Waals surface area contributed by atoms with E-state index < -0.39 is 92.5 Å². The van der Waals surface area contributed by atoms with Gasteiger partial charge in [-0.3, -0.25) is 23.9 Å². The maximum atomic E-state index is 16.8. The van der Waals surface area contributed by atoms with Crippen LogP contribution in [0.15, 0.2) is 30.4 Å². The van der Waals surface area contributed by atoms with Crippen molar-refractivity contribution >= 4 is 44.6 Å². The monoisotopic (exact) mass is 828 g/mol. The predicted molar refractivity (Wildman–Crippen MR) is 209 cm³/mol. The predicted octanol–water partition coefficient (Wildman–Crippen LogP) is 5.75. The van der Waals surface area contributed by atoms with Gasteiger partial charge in [0.05, 0.1) is 48.0 Å². The molecule has 3 fully saturated rings. The highest BCUT2D eigenvalue weighted by atomic mass is 32.2. The summed E-state index contributed by atoms with van der Waals surface area (Å²) in [5, 5.41) is 2.95. The highest BCUT2D eigenvalue weighted by Gasteiger charge is 2.65. The summed E-state index contributed by atoms with van der Waals surface area (Å²) in [5.41, 5.74) is -3.29. The molecule has 0 bridgehead atoms. The van der Waals surface area contributed by atoms with E-state index in [0.717, 1.165) is 6.42 Å². The molecule has 2 N–H and O–H groups in total. The molecule has 0 unspecified atom stereocenters. The van der Waals surface area contributed by atoms with Crippen molar-refractivity contribution in [2.24, 2.45) is 17.8 Å². The normalized spacial score (nSPS) is 30.1. The van der Waals surface area contributed by atoms with Gasteiger partial charge in [-0.1, -0.05) is 38.8 Å². The molecule has 13 nitrogen and oxygen atoms in total. The Labute approximate surface area is 338 Å². The first-order valence-electron chi connectivity index (χ1n) is 20.3. The van der Waals surface area contributed by atoms with E-state index in [9.17, 15) is 27.6 Å². The molecular formula is C42H54F2N4O9S. The van der Waals surface area contributed by atoms with Gasteiger partial charge in [0.2, 0.25) is 21.8 Å². The summed E-state index contributed by atoms with van der Waals surface area (Å²) in [6.45, 7) is 8.26. The zero-order chi connectivity index (χ0) is 42.0. The quantitative estimate of drug-likeness (QED) is 0.247. The lowest BCUT2D eigenvalue weighted by Crippen LogP contribution is -2.57. The van der Waals surface area contributed by atoms with Crippen LogP contribution in [0.25, 0.3) is 10.9 Å². The molecule has 2 aromatic rings. The van der Waals surface area contributed by atoms with Crippen LogP contribution < -0.4 is 19.5 Å². The highest BCUT2D eigenvalue weighted by molar-refractivity contribution is 7.91. The molecule has 4 heterocycles. The van der Waals surface area contributed by atoms with Crippen molar-refractivity contribution in [2.45, 2.75) is 139 Å². The molecule has 58 heavy (non-hydrogen) atoms. The first-order valence-corrected chi connectivity index (χ1v) is 21.8. The molecule has 3 amide bonds. The number of alkyl halides is 2. The van der Waals surface area contributed by atoms with Gasteiger partial charge in [0, 0.05) is 23.6 Å². The van der Waals surface area contributed by atoms with E-state index >= 15 is 8.78 Å². The molecular weight excluding hydrogens is 775 g/mol. The number of fused-ring (bicyclic) bond motifs is 5. The van der Waals surface area contributed by atoms with Gasteiger partial charge in [-0.25, -0.2) is 22.2 Å². The fraction of sp³-hybridized carbons (Fsp3) is 0.643. The first-order chi connectivity index (χ1) is 27.2. The Hall–Kier alpha value is -4.34. The Kier molecular flexibility index (Phi) is 10.8. The molecule has 316 valence electrons. The molecule has 1 saturated heterocycles. The minimum atomic E-state index is -4.08. The van der Waals surface area contributed by atoms with E-state index in [2.05, 4.69) is 15.0 Å². The average Bonchev–Trinajstić information content (AvgIpc) is 4.04. The molecule has 1 aromatic heterocycles. The molecule has 1 aromatic carbocycles. The van der Waals surface area contributed by atoms with Crippen LogP contribution in [0.3, 0.4) is 0 Å². The van der Waals surface area contributed by atoms with Gasteiger partial charge in [0.25, 0.3) is 11.8 Å². The smallest absolute Gasteiger partial charge is 0.306 e. The number of halogens is 2. The van der Waals surface area contributed by atoms with Gasteiger partial charge >= 0.3 is 5.97 Å². The van der Waals surface area contributed by atoms with Crippen molar-refractivity contribution in [1.82, 2.24) is 19.9 Å². The van der Waals surface area contributed by atoms with Gasteiger partial charge in [0.15, 0.2) is 5.75 Å². The van der Waals surface area contributed by atoms with Crippen molar-refractivity contribution < 1.29 is 50.6 Å². The number of esters is 1. The Morgan fingerprint density at radius 2 is 1.86 bits per heavy atom. The largest absolute Gasteiger partial charge is 0.497 e. The van der Waals surface area contributed by atoms with Gasteiger partial charge in [-0.05, 0) is 83.4 Å². The van der Waals surface area contributed by atoms with Gasteiger partial charge < -0.3 is 24.4 Å². The van der Waals surface area contributed by atoms with Crippen LogP contribution in [-0.2, 0) is 39.9 Å². The zero-order valence-corrected chi connectivity index (χ0v) is 34.8. The van der Waals surface area contributed by atoms with Crippen molar-refractivity contribution in [3.63, 3.8) is 0 Å². The topological polar surface area (TPSA) is 170 Å². The number of rotatable bonds is 8. The highest BCUT2D eigenvalue weighted by Crippen LogP contribution is 2.55. The summed E-state index contributed by atoms with van der Waals surface area (Å²) in [4.78, 5) is 62.5. The summed E-state index contributed by atoms with van der Waals surface area (Å²) in [5.74, 6) is -7.67. The molecule has 7 rings (SSSR count). The number of carbonyl (C=O) groups excluding carboxylic acids is 4. The van der Waals surface area contributed by atoms with E-state index in [0.29, 0.717) is 43.4 Å². The third kappa shape index (κ3) is 7.77. The number of methoxy groups -OCH3 is 1. The lowest BCUT2D eigenvalue weighted by atomic mass is 9.84. The molecule has 16 heteroatoms. The Bertz CT molecular complexity index is 2160. The Morgan fingerprint density at radius 3 is 2.55 bits per heavy atom. The fourth-order valence-corrected chi connectivity index (χ4v) is 9.93. The summed E-state index contributed by atoms with van der Waals surface area (Å²) in [6.07, 6.45) is 5.57. The number of sulfonamides is 1. The number of nitrogens with zero attached hydrogens (tertiary/aromatic N) is 2. The van der Waals surface area contributed by atoms with Gasteiger partial charge in [0.1, 0.15) is 29.0 Å². The number of ether oxygens (including phenoxy) is 3. The second-order valence-corrected chi connectivity index (χ2v) is 19.9. The number of carbonyl (C=O) groups is 4. The van der Waals surface area contributed by atoms with Crippen molar-refractivity contribution in [3.8, 4) is 11.5 Å². The number of allylic oxidation sites excluding steroid dienone is 1. The summed E-state index contributed by atoms with van der Waals surface area (Å²) < 4.78 is 78.8. The number of hydrogen-bond acceptors (Lipinski definition) is 10. The minimum Gasteiger partial charge on any atom is -0.497 e. The Morgan fingerprint density at radius 1 is 1.12 bits per heavy atom. The molecule has 2 saturated carbocycles. The average molecular weight is 829 g/mol. The Balaban J connectivity index is 1.27. The van der Waals surface area contributed by atoms with Gasteiger partial charge in [-0.2, -0.15) is 0 Å². The van der Waals surface area contributed by atoms with Crippen molar-refractivity contribution in [3.05, 3.63) is 41.6 Å². The van der Waals surface area contributed by atoms with Crippen LogP contribution in [0.2, 0.25) is 0 Å². The number of aryl methyl sites for hydroxylation is 1. The van der Waals surface area contributed by atoms with Gasteiger partial charge in [-0.15, -0.1) is 0 Å². The number of hydrogen-bond donors (Lipinski definition) is 2. The van der Waals surface area contributed by atoms with Crippen molar-refractivity contribution in [2.75, 3.05) is 13.7 Å². The summed E-state index contributed by atoms with van der Waals surface area (Å²) >= 11 is 0. The minimum absolute atomic E-state index is 0.0224. The fourth-order valence-electron chi connectivity index (χ4n) is 8.62. The maximum absolute atomic E-state index is 16.8. The second kappa shape index (κ2) is 15.0. The molecule has 5 aliphatic rings. The molecule has 6 atom stereocenters. The van der Waals surface area contributed by atoms with E-state index in [1.807, 2.05) is 19.9 Å². The third-order valence-corrected chi connectivity index (χ3v) is 15.1. The van der Waals surface area contributed by atoms with Crippen LogP contribution in [0.5, 0.6) is 11.5 Å². The van der Waals surface area contributed by atoms with Crippen LogP contribution in [0, 0.1) is 24.7 Å². The third-order valence-electron chi connectivity index (χ3n) is 12.9. The molecule has 2 aliphatic carbocycles. The number of pyridine rings is 1. The number of amides is 3. The van der Waals surface area contributed by atoms with E-state index in [4.69, 9.17) is 14.2 Å².